The van der Waals surface area contributed by atoms with Crippen LogP contribution in [-0.2, 0) is 4.57 Å². The monoisotopic (exact) mass is 184 g/mol. The SMILES string of the molecule is CN(CO)P(=O)(O)N(C)CO. The Hall–Kier alpha value is 0.0300. The van der Waals surface area contributed by atoms with Gasteiger partial charge in [-0.3, -0.25) is 4.57 Å². The number of aliphatic hydroxyl groups excluding tert-OH is 2. The van der Waals surface area contributed by atoms with Crippen molar-refractivity contribution in [1.29, 1.82) is 0 Å². The molecule has 0 aromatic heterocycles. The third kappa shape index (κ3) is 2.52. The molecule has 0 unspecified atom stereocenters. The van der Waals surface area contributed by atoms with E-state index >= 15 is 0 Å². The van der Waals surface area contributed by atoms with Crippen molar-refractivity contribution in [3.05, 3.63) is 0 Å². The molecule has 0 saturated heterocycles. The molecule has 3 N–H and O–H groups in total. The Labute approximate surface area is 65.2 Å². The number of nitrogens with zero attached hydrogens (tertiary/aromatic N) is 2. The van der Waals surface area contributed by atoms with Crippen LogP contribution < -0.4 is 0 Å². The largest absolute Gasteiger partial charge is 0.381 e. The zero-order chi connectivity index (χ0) is 9.07. The molecule has 0 aliphatic carbocycles. The predicted octanol–water partition coefficient (Wildman–Crippen LogP) is -1.15. The van der Waals surface area contributed by atoms with Gasteiger partial charge in [0, 0.05) is 0 Å². The average molecular weight is 184 g/mol. The van der Waals surface area contributed by atoms with E-state index in [2.05, 4.69) is 0 Å². The molecule has 6 nitrogen and oxygen atoms in total. The normalized spacial score (nSPS) is 13.0. The zero-order valence-electron chi connectivity index (χ0n) is 6.51. The number of aliphatic hydroxyl groups is 2. The molecule has 0 radical (unpaired) electrons. The molecule has 7 heteroatoms. The molecule has 0 bridgehead atoms. The maximum absolute atomic E-state index is 11.2. The minimum Gasteiger partial charge on any atom is -0.381 e. The van der Waals surface area contributed by atoms with Crippen LogP contribution in [0.25, 0.3) is 0 Å². The minimum absolute atomic E-state index is 0.530. The molecule has 0 aromatic carbocycles. The standard InChI is InChI=1S/C4H13N2O4P/c1-5(3-7)11(9,10)6(2)4-8/h7-8H,3-4H2,1-2H3,(H,9,10). The van der Waals surface area contributed by atoms with Crippen LogP contribution in [0.5, 0.6) is 0 Å². The first-order valence-corrected chi connectivity index (χ1v) is 4.51. The second-order valence-corrected chi connectivity index (χ2v) is 4.50. The maximum atomic E-state index is 11.2. The van der Waals surface area contributed by atoms with Crippen molar-refractivity contribution in [2.45, 2.75) is 0 Å². The fourth-order valence-electron chi connectivity index (χ4n) is 0.425. The highest BCUT2D eigenvalue weighted by Crippen LogP contribution is 2.45. The van der Waals surface area contributed by atoms with E-state index in [0.29, 0.717) is 0 Å². The van der Waals surface area contributed by atoms with Crippen molar-refractivity contribution in [2.75, 3.05) is 27.6 Å². The van der Waals surface area contributed by atoms with Crippen LogP contribution in [-0.4, -0.2) is 52.0 Å². The molecule has 0 rings (SSSR count). The molecule has 0 heterocycles. The van der Waals surface area contributed by atoms with Crippen LogP contribution >= 0.6 is 7.67 Å². The summed E-state index contributed by atoms with van der Waals surface area (Å²) in [6.07, 6.45) is 0. The summed E-state index contributed by atoms with van der Waals surface area (Å²) in [5.74, 6) is 0. The highest BCUT2D eigenvalue weighted by Gasteiger charge is 2.28. The Morgan fingerprint density at radius 3 is 1.64 bits per heavy atom. The van der Waals surface area contributed by atoms with E-state index in [1.165, 1.54) is 14.1 Å². The van der Waals surface area contributed by atoms with Gasteiger partial charge in [-0.2, -0.15) is 9.34 Å². The second kappa shape index (κ2) is 4.15. The van der Waals surface area contributed by atoms with Gasteiger partial charge in [-0.15, -0.1) is 0 Å². The van der Waals surface area contributed by atoms with E-state index in [4.69, 9.17) is 15.1 Å². The maximum Gasteiger partial charge on any atom is 0.346 e. The molecule has 0 amide bonds. The molecule has 68 valence electrons. The molecular formula is C4H13N2O4P. The van der Waals surface area contributed by atoms with Gasteiger partial charge in [0.2, 0.25) is 0 Å². The summed E-state index contributed by atoms with van der Waals surface area (Å²) in [4.78, 5) is 9.14. The van der Waals surface area contributed by atoms with Crippen LogP contribution in [0, 0.1) is 0 Å². The minimum atomic E-state index is -3.71. The summed E-state index contributed by atoms with van der Waals surface area (Å²) in [6.45, 7) is -1.06. The number of hydrogen-bond donors (Lipinski definition) is 3. The van der Waals surface area contributed by atoms with Crippen molar-refractivity contribution in [1.82, 2.24) is 9.34 Å². The summed E-state index contributed by atoms with van der Waals surface area (Å²) in [6, 6.07) is 0. The quantitative estimate of drug-likeness (QED) is 0.378. The summed E-state index contributed by atoms with van der Waals surface area (Å²) in [7, 11) is -1.14. The fourth-order valence-corrected chi connectivity index (χ4v) is 1.28. The third-order valence-corrected chi connectivity index (χ3v) is 3.33. The van der Waals surface area contributed by atoms with E-state index in [0.717, 1.165) is 9.34 Å². The van der Waals surface area contributed by atoms with Gasteiger partial charge in [0.05, 0.1) is 0 Å². The summed E-state index contributed by atoms with van der Waals surface area (Å²) >= 11 is 0. The lowest BCUT2D eigenvalue weighted by atomic mass is 11.2. The van der Waals surface area contributed by atoms with Crippen LogP contribution in [0.1, 0.15) is 0 Å². The van der Waals surface area contributed by atoms with E-state index in [1.54, 1.807) is 0 Å². The first-order chi connectivity index (χ1) is 4.96. The second-order valence-electron chi connectivity index (χ2n) is 2.11. The molecule has 0 aliphatic rings. The summed E-state index contributed by atoms with van der Waals surface area (Å²) in [5, 5.41) is 17.0. The lowest BCUT2D eigenvalue weighted by Gasteiger charge is -2.26. The van der Waals surface area contributed by atoms with Gasteiger partial charge in [-0.25, -0.2) is 0 Å². The predicted molar refractivity (Wildman–Crippen MR) is 39.5 cm³/mol. The Morgan fingerprint density at radius 2 is 1.45 bits per heavy atom. The molecule has 0 aliphatic heterocycles. The van der Waals surface area contributed by atoms with Crippen molar-refractivity contribution in [3.8, 4) is 0 Å². The topological polar surface area (TPSA) is 84.2 Å². The third-order valence-electron chi connectivity index (χ3n) is 1.30. The van der Waals surface area contributed by atoms with Gasteiger partial charge in [0.25, 0.3) is 0 Å². The Morgan fingerprint density at radius 1 is 1.18 bits per heavy atom. The lowest BCUT2D eigenvalue weighted by molar-refractivity contribution is 0.140. The Bertz CT molecular complexity index is 150. The molecule has 0 fully saturated rings. The average Bonchev–Trinajstić information content (AvgIpc) is 2.01. The van der Waals surface area contributed by atoms with E-state index in [-0.39, 0.29) is 0 Å². The number of hydrogen-bond acceptors (Lipinski definition) is 3. The number of rotatable bonds is 4. The van der Waals surface area contributed by atoms with Crippen LogP contribution in [0.15, 0.2) is 0 Å². The van der Waals surface area contributed by atoms with Gasteiger partial charge in [0.15, 0.2) is 0 Å². The van der Waals surface area contributed by atoms with E-state index in [9.17, 15) is 4.57 Å². The highest BCUT2D eigenvalue weighted by molar-refractivity contribution is 7.52. The van der Waals surface area contributed by atoms with Crippen LogP contribution in [0.3, 0.4) is 0 Å². The van der Waals surface area contributed by atoms with Crippen LogP contribution in [0.2, 0.25) is 0 Å². The molecule has 0 aromatic rings. The zero-order valence-corrected chi connectivity index (χ0v) is 7.40. The first kappa shape index (κ1) is 11.0. The van der Waals surface area contributed by atoms with Gasteiger partial charge in [0.1, 0.15) is 13.5 Å². The summed E-state index contributed by atoms with van der Waals surface area (Å²) in [5.41, 5.74) is 0. The smallest absolute Gasteiger partial charge is 0.346 e. The summed E-state index contributed by atoms with van der Waals surface area (Å²) < 4.78 is 12.9. The van der Waals surface area contributed by atoms with Crippen molar-refractivity contribution in [3.63, 3.8) is 0 Å². The van der Waals surface area contributed by atoms with Crippen molar-refractivity contribution in [2.24, 2.45) is 0 Å². The van der Waals surface area contributed by atoms with E-state index in [1.807, 2.05) is 0 Å². The Balaban J connectivity index is 4.32. The molecule has 0 atom stereocenters. The van der Waals surface area contributed by atoms with Gasteiger partial charge in [-0.05, 0) is 14.1 Å². The van der Waals surface area contributed by atoms with Gasteiger partial charge >= 0.3 is 7.67 Å². The van der Waals surface area contributed by atoms with Crippen LogP contribution in [0.4, 0.5) is 0 Å². The molecule has 0 saturated carbocycles. The van der Waals surface area contributed by atoms with Crippen molar-refractivity contribution >= 4 is 7.67 Å². The molecule has 0 spiro atoms. The van der Waals surface area contributed by atoms with Gasteiger partial charge < -0.3 is 15.1 Å². The van der Waals surface area contributed by atoms with Crippen molar-refractivity contribution < 1.29 is 19.7 Å². The molecular weight excluding hydrogens is 171 g/mol. The first-order valence-electron chi connectivity index (χ1n) is 2.94. The highest BCUT2D eigenvalue weighted by atomic mass is 31.2. The Kier molecular flexibility index (Phi) is 4.17. The van der Waals surface area contributed by atoms with E-state index < -0.39 is 21.1 Å². The molecule has 11 heavy (non-hydrogen) atoms. The van der Waals surface area contributed by atoms with Gasteiger partial charge in [-0.1, -0.05) is 0 Å². The fraction of sp³-hybridized carbons (Fsp3) is 1.00. The lowest BCUT2D eigenvalue weighted by Crippen LogP contribution is -2.27.